The average molecular weight is 225 g/mol. The second kappa shape index (κ2) is 6.23. The highest BCUT2D eigenvalue weighted by molar-refractivity contribution is 5.71. The van der Waals surface area contributed by atoms with Gasteiger partial charge in [0.05, 0.1) is 13.2 Å². The van der Waals surface area contributed by atoms with E-state index in [2.05, 4.69) is 5.32 Å². The van der Waals surface area contributed by atoms with Crippen molar-refractivity contribution in [2.24, 2.45) is 0 Å². The molecule has 0 amide bonds. The van der Waals surface area contributed by atoms with Crippen LogP contribution in [0.2, 0.25) is 0 Å². The number of ether oxygens (including phenoxy) is 1. The highest BCUT2D eigenvalue weighted by atomic mass is 19.1. The summed E-state index contributed by atoms with van der Waals surface area (Å²) in [6.07, 6.45) is 0. The molecule has 0 aliphatic carbocycles. The molecule has 4 heteroatoms. The van der Waals surface area contributed by atoms with Gasteiger partial charge in [0.2, 0.25) is 0 Å². The van der Waals surface area contributed by atoms with Crippen LogP contribution in [0.1, 0.15) is 18.1 Å². The van der Waals surface area contributed by atoms with E-state index in [0.717, 1.165) is 5.56 Å². The Morgan fingerprint density at radius 3 is 2.94 bits per heavy atom. The molecule has 0 heterocycles. The number of nitrogens with one attached hydrogen (secondary N) is 1. The lowest BCUT2D eigenvalue weighted by atomic mass is 10.1. The molecule has 0 aliphatic rings. The summed E-state index contributed by atoms with van der Waals surface area (Å²) in [7, 11) is 0. The van der Waals surface area contributed by atoms with E-state index in [4.69, 9.17) is 4.74 Å². The molecule has 3 nitrogen and oxygen atoms in total. The number of carbonyl (C=O) groups excluding carboxylic acids is 1. The minimum Gasteiger partial charge on any atom is -0.465 e. The Balaban J connectivity index is 2.42. The van der Waals surface area contributed by atoms with Crippen molar-refractivity contribution >= 4 is 5.97 Å². The SMILES string of the molecule is CCOC(=O)CNCc1cc(C)ccc1F. The van der Waals surface area contributed by atoms with Crippen LogP contribution in [0, 0.1) is 12.7 Å². The topological polar surface area (TPSA) is 38.3 Å². The summed E-state index contributed by atoms with van der Waals surface area (Å²) in [5, 5.41) is 2.84. The molecule has 0 saturated heterocycles. The Kier molecular flexibility index (Phi) is 4.92. The standard InChI is InChI=1S/C12H16FNO2/c1-3-16-12(15)8-14-7-10-6-9(2)4-5-11(10)13/h4-6,14H,3,7-8H2,1-2H3. The van der Waals surface area contributed by atoms with Crippen LogP contribution in [0.5, 0.6) is 0 Å². The number of halogens is 1. The first kappa shape index (κ1) is 12.6. The molecule has 0 bridgehead atoms. The molecule has 0 aromatic heterocycles. The molecule has 88 valence electrons. The first-order chi connectivity index (χ1) is 7.63. The van der Waals surface area contributed by atoms with Gasteiger partial charge < -0.3 is 10.1 Å². The van der Waals surface area contributed by atoms with E-state index in [1.807, 2.05) is 6.92 Å². The fourth-order valence-electron chi connectivity index (χ4n) is 1.35. The van der Waals surface area contributed by atoms with E-state index in [9.17, 15) is 9.18 Å². The van der Waals surface area contributed by atoms with Crippen LogP contribution < -0.4 is 5.32 Å². The fraction of sp³-hybridized carbons (Fsp3) is 0.417. The van der Waals surface area contributed by atoms with E-state index >= 15 is 0 Å². The smallest absolute Gasteiger partial charge is 0.319 e. The fourth-order valence-corrected chi connectivity index (χ4v) is 1.35. The minimum absolute atomic E-state index is 0.0984. The van der Waals surface area contributed by atoms with E-state index in [-0.39, 0.29) is 18.3 Å². The molecule has 0 saturated carbocycles. The maximum atomic E-state index is 13.3. The zero-order valence-corrected chi connectivity index (χ0v) is 9.55. The second-order valence-corrected chi connectivity index (χ2v) is 3.50. The summed E-state index contributed by atoms with van der Waals surface area (Å²) in [6, 6.07) is 4.90. The molecule has 1 N–H and O–H groups in total. The van der Waals surface area contributed by atoms with Gasteiger partial charge in [-0.25, -0.2) is 4.39 Å². The zero-order chi connectivity index (χ0) is 12.0. The molecule has 1 rings (SSSR count). The third-order valence-electron chi connectivity index (χ3n) is 2.09. The number of esters is 1. The largest absolute Gasteiger partial charge is 0.465 e. The third kappa shape index (κ3) is 3.98. The molecule has 0 atom stereocenters. The van der Waals surface area contributed by atoms with Gasteiger partial charge in [-0.1, -0.05) is 17.7 Å². The second-order valence-electron chi connectivity index (χ2n) is 3.50. The van der Waals surface area contributed by atoms with Gasteiger partial charge >= 0.3 is 5.97 Å². The van der Waals surface area contributed by atoms with E-state index < -0.39 is 0 Å². The minimum atomic E-state index is -0.324. The van der Waals surface area contributed by atoms with Gasteiger partial charge in [-0.15, -0.1) is 0 Å². The molecule has 0 unspecified atom stereocenters. The molecule has 1 aromatic carbocycles. The highest BCUT2D eigenvalue weighted by Crippen LogP contribution is 2.09. The Morgan fingerprint density at radius 1 is 1.50 bits per heavy atom. The van der Waals surface area contributed by atoms with E-state index in [1.54, 1.807) is 19.1 Å². The number of carbonyl (C=O) groups is 1. The monoisotopic (exact) mass is 225 g/mol. The lowest BCUT2D eigenvalue weighted by Crippen LogP contribution is -2.24. The lowest BCUT2D eigenvalue weighted by molar-refractivity contribution is -0.142. The van der Waals surface area contributed by atoms with Crippen LogP contribution in [0.15, 0.2) is 18.2 Å². The van der Waals surface area contributed by atoms with Crippen LogP contribution in [0.25, 0.3) is 0 Å². The van der Waals surface area contributed by atoms with Crippen molar-refractivity contribution in [1.82, 2.24) is 5.32 Å². The average Bonchev–Trinajstić information content (AvgIpc) is 2.23. The normalized spacial score (nSPS) is 10.2. The molecule has 16 heavy (non-hydrogen) atoms. The summed E-state index contributed by atoms with van der Waals surface area (Å²) < 4.78 is 18.0. The summed E-state index contributed by atoms with van der Waals surface area (Å²) in [5.41, 5.74) is 1.55. The van der Waals surface area contributed by atoms with Gasteiger partial charge in [-0.05, 0) is 19.9 Å². The van der Waals surface area contributed by atoms with Gasteiger partial charge in [0.15, 0.2) is 0 Å². The van der Waals surface area contributed by atoms with Crippen molar-refractivity contribution in [1.29, 1.82) is 0 Å². The van der Waals surface area contributed by atoms with Gasteiger partial charge in [-0.2, -0.15) is 0 Å². The quantitative estimate of drug-likeness (QED) is 0.776. The van der Waals surface area contributed by atoms with Crippen molar-refractivity contribution < 1.29 is 13.9 Å². The number of aryl methyl sites for hydroxylation is 1. The maximum Gasteiger partial charge on any atom is 0.319 e. The Labute approximate surface area is 94.6 Å². The van der Waals surface area contributed by atoms with Crippen LogP contribution in [-0.2, 0) is 16.1 Å². The van der Waals surface area contributed by atoms with Crippen LogP contribution in [0.4, 0.5) is 4.39 Å². The summed E-state index contributed by atoms with van der Waals surface area (Å²) in [4.78, 5) is 11.0. The number of benzene rings is 1. The van der Waals surface area contributed by atoms with Crippen LogP contribution >= 0.6 is 0 Å². The molecule has 0 radical (unpaired) electrons. The predicted octanol–water partition coefficient (Wildman–Crippen LogP) is 1.79. The molecule has 0 spiro atoms. The van der Waals surface area contributed by atoms with Crippen molar-refractivity contribution in [3.05, 3.63) is 35.1 Å². The summed E-state index contributed by atoms with van der Waals surface area (Å²) >= 11 is 0. The first-order valence-corrected chi connectivity index (χ1v) is 5.25. The van der Waals surface area contributed by atoms with Gasteiger partial charge in [0.25, 0.3) is 0 Å². The summed E-state index contributed by atoms with van der Waals surface area (Å²) in [5.74, 6) is -0.586. The molecule has 0 aliphatic heterocycles. The Hall–Kier alpha value is -1.42. The predicted molar refractivity (Wildman–Crippen MR) is 59.5 cm³/mol. The van der Waals surface area contributed by atoms with Crippen molar-refractivity contribution in [3.63, 3.8) is 0 Å². The van der Waals surface area contributed by atoms with E-state index in [1.165, 1.54) is 6.07 Å². The zero-order valence-electron chi connectivity index (χ0n) is 9.55. The lowest BCUT2D eigenvalue weighted by Gasteiger charge is -2.06. The Morgan fingerprint density at radius 2 is 2.25 bits per heavy atom. The van der Waals surface area contributed by atoms with Crippen molar-refractivity contribution in [2.45, 2.75) is 20.4 Å². The number of rotatable bonds is 5. The molecular formula is C12H16FNO2. The maximum absolute atomic E-state index is 13.3. The number of hydrogen-bond donors (Lipinski definition) is 1. The van der Waals surface area contributed by atoms with E-state index in [0.29, 0.717) is 18.7 Å². The van der Waals surface area contributed by atoms with Crippen molar-refractivity contribution in [2.75, 3.05) is 13.2 Å². The highest BCUT2D eigenvalue weighted by Gasteiger charge is 2.04. The van der Waals surface area contributed by atoms with Crippen LogP contribution in [0.3, 0.4) is 0 Å². The van der Waals surface area contributed by atoms with Gasteiger partial charge in [0.1, 0.15) is 5.82 Å². The van der Waals surface area contributed by atoms with Crippen LogP contribution in [-0.4, -0.2) is 19.1 Å². The number of hydrogen-bond acceptors (Lipinski definition) is 3. The van der Waals surface area contributed by atoms with Gasteiger partial charge in [-0.3, -0.25) is 4.79 Å². The van der Waals surface area contributed by atoms with Crippen molar-refractivity contribution in [3.8, 4) is 0 Å². The Bertz CT molecular complexity index is 366. The molecular weight excluding hydrogens is 209 g/mol. The summed E-state index contributed by atoms with van der Waals surface area (Å²) in [6.45, 7) is 4.43. The third-order valence-corrected chi connectivity index (χ3v) is 2.09. The van der Waals surface area contributed by atoms with Gasteiger partial charge in [0, 0.05) is 12.1 Å². The molecule has 0 fully saturated rings. The first-order valence-electron chi connectivity index (χ1n) is 5.25. The molecule has 1 aromatic rings.